The molecule has 7 nitrogen and oxygen atoms in total. The topological polar surface area (TPSA) is 66.5 Å². The Morgan fingerprint density at radius 1 is 1.14 bits per heavy atom. The van der Waals surface area contributed by atoms with E-state index in [0.29, 0.717) is 13.1 Å². The molecule has 0 atom stereocenters. The van der Waals surface area contributed by atoms with Crippen LogP contribution >= 0.6 is 0 Å². The molecule has 1 amide bonds. The summed E-state index contributed by atoms with van der Waals surface area (Å²) in [6.07, 6.45) is 5.44. The molecular weight excluding hydrogens is 354 g/mol. The van der Waals surface area contributed by atoms with E-state index < -0.39 is 0 Å². The maximum absolute atomic E-state index is 12.2. The third-order valence-corrected chi connectivity index (χ3v) is 5.00. The molecule has 0 bridgehead atoms. The van der Waals surface area contributed by atoms with Crippen molar-refractivity contribution in [2.24, 2.45) is 0 Å². The second-order valence-electron chi connectivity index (χ2n) is 7.05. The van der Waals surface area contributed by atoms with E-state index in [4.69, 9.17) is 4.42 Å². The second-order valence-corrected chi connectivity index (χ2v) is 7.05. The van der Waals surface area contributed by atoms with Crippen molar-refractivity contribution in [2.75, 3.05) is 37.6 Å². The molecule has 1 aliphatic rings. The van der Waals surface area contributed by atoms with Crippen LogP contribution in [0.15, 0.2) is 59.5 Å². The SMILES string of the molecule is Cc1ccc(-n2ccnc2N2CCN(CC(=O)NCc3ccco3)CC2)cc1. The zero-order valence-electron chi connectivity index (χ0n) is 16.0. The molecule has 146 valence electrons. The van der Waals surface area contributed by atoms with Gasteiger partial charge in [0.1, 0.15) is 5.76 Å². The van der Waals surface area contributed by atoms with Gasteiger partial charge in [-0.15, -0.1) is 0 Å². The summed E-state index contributed by atoms with van der Waals surface area (Å²) in [6.45, 7) is 6.26. The normalized spacial score (nSPS) is 15.0. The van der Waals surface area contributed by atoms with Gasteiger partial charge < -0.3 is 14.6 Å². The van der Waals surface area contributed by atoms with Crippen LogP contribution < -0.4 is 10.2 Å². The number of hydrogen-bond acceptors (Lipinski definition) is 5. The lowest BCUT2D eigenvalue weighted by molar-refractivity contribution is -0.122. The van der Waals surface area contributed by atoms with Crippen molar-refractivity contribution >= 4 is 11.9 Å². The summed E-state index contributed by atoms with van der Waals surface area (Å²) in [7, 11) is 0. The molecule has 0 radical (unpaired) electrons. The fourth-order valence-electron chi connectivity index (χ4n) is 3.40. The number of nitrogens with one attached hydrogen (secondary N) is 1. The van der Waals surface area contributed by atoms with Crippen LogP contribution in [-0.2, 0) is 11.3 Å². The number of carbonyl (C=O) groups excluding carboxylic acids is 1. The molecule has 28 heavy (non-hydrogen) atoms. The highest BCUT2D eigenvalue weighted by atomic mass is 16.3. The lowest BCUT2D eigenvalue weighted by atomic mass is 10.2. The van der Waals surface area contributed by atoms with Crippen LogP contribution in [0.2, 0.25) is 0 Å². The van der Waals surface area contributed by atoms with E-state index in [2.05, 4.69) is 55.9 Å². The van der Waals surface area contributed by atoms with Crippen molar-refractivity contribution in [3.63, 3.8) is 0 Å². The van der Waals surface area contributed by atoms with Gasteiger partial charge in [0, 0.05) is 44.3 Å². The van der Waals surface area contributed by atoms with Crippen molar-refractivity contribution < 1.29 is 9.21 Å². The van der Waals surface area contributed by atoms with Gasteiger partial charge in [0.25, 0.3) is 0 Å². The Kier molecular flexibility index (Phi) is 5.43. The molecular formula is C21H25N5O2. The van der Waals surface area contributed by atoms with Crippen LogP contribution in [-0.4, -0.2) is 53.1 Å². The van der Waals surface area contributed by atoms with Gasteiger partial charge in [0.05, 0.1) is 19.4 Å². The third kappa shape index (κ3) is 4.26. The molecule has 0 aliphatic carbocycles. The standard InChI is InChI=1S/C21H25N5O2/c1-17-4-6-18(7-5-17)26-9-8-22-21(26)25-12-10-24(11-13-25)16-20(27)23-15-19-3-2-14-28-19/h2-9,14H,10-13,15-16H2,1H3,(H,23,27). The summed E-state index contributed by atoms with van der Waals surface area (Å²) < 4.78 is 7.36. The zero-order valence-corrected chi connectivity index (χ0v) is 16.0. The maximum atomic E-state index is 12.2. The number of aryl methyl sites for hydroxylation is 1. The molecule has 7 heteroatoms. The van der Waals surface area contributed by atoms with Crippen LogP contribution in [0.3, 0.4) is 0 Å². The van der Waals surface area contributed by atoms with Gasteiger partial charge >= 0.3 is 0 Å². The molecule has 4 rings (SSSR count). The van der Waals surface area contributed by atoms with Gasteiger partial charge in [-0.2, -0.15) is 0 Å². The lowest BCUT2D eigenvalue weighted by Gasteiger charge is -2.35. The largest absolute Gasteiger partial charge is 0.467 e. The van der Waals surface area contributed by atoms with Gasteiger partial charge in [0.2, 0.25) is 11.9 Å². The summed E-state index contributed by atoms with van der Waals surface area (Å²) in [6, 6.07) is 12.1. The van der Waals surface area contributed by atoms with Crippen LogP contribution in [0, 0.1) is 6.92 Å². The Morgan fingerprint density at radius 2 is 1.93 bits per heavy atom. The van der Waals surface area contributed by atoms with Crippen LogP contribution in [0.5, 0.6) is 0 Å². The molecule has 1 aliphatic heterocycles. The fraction of sp³-hybridized carbons (Fsp3) is 0.333. The van der Waals surface area contributed by atoms with E-state index in [9.17, 15) is 4.79 Å². The first-order chi connectivity index (χ1) is 13.7. The Balaban J connectivity index is 1.30. The molecule has 3 heterocycles. The minimum absolute atomic E-state index is 0.0194. The smallest absolute Gasteiger partial charge is 0.234 e. The maximum Gasteiger partial charge on any atom is 0.234 e. The number of amides is 1. The highest BCUT2D eigenvalue weighted by Crippen LogP contribution is 2.20. The third-order valence-electron chi connectivity index (χ3n) is 5.00. The highest BCUT2D eigenvalue weighted by Gasteiger charge is 2.22. The van der Waals surface area contributed by atoms with Crippen LogP contribution in [0.4, 0.5) is 5.95 Å². The number of furan rings is 1. The Morgan fingerprint density at radius 3 is 2.64 bits per heavy atom. The first-order valence-corrected chi connectivity index (χ1v) is 9.56. The first-order valence-electron chi connectivity index (χ1n) is 9.56. The molecule has 1 saturated heterocycles. The number of rotatable bonds is 6. The Hall–Kier alpha value is -3.06. The van der Waals surface area contributed by atoms with Crippen molar-refractivity contribution in [3.8, 4) is 5.69 Å². The molecule has 1 fully saturated rings. The van der Waals surface area contributed by atoms with Crippen molar-refractivity contribution in [1.29, 1.82) is 0 Å². The van der Waals surface area contributed by atoms with E-state index >= 15 is 0 Å². The minimum atomic E-state index is 0.0194. The van der Waals surface area contributed by atoms with E-state index in [1.54, 1.807) is 6.26 Å². The average Bonchev–Trinajstić information content (AvgIpc) is 3.40. The molecule has 2 aromatic heterocycles. The number of imidazole rings is 1. The Bertz CT molecular complexity index is 893. The van der Waals surface area contributed by atoms with Gasteiger partial charge in [-0.25, -0.2) is 4.98 Å². The highest BCUT2D eigenvalue weighted by molar-refractivity contribution is 5.78. The summed E-state index contributed by atoms with van der Waals surface area (Å²) in [5.74, 6) is 1.73. The summed E-state index contributed by atoms with van der Waals surface area (Å²) in [4.78, 5) is 21.2. The van der Waals surface area contributed by atoms with E-state index in [1.165, 1.54) is 5.56 Å². The van der Waals surface area contributed by atoms with Crippen LogP contribution in [0.1, 0.15) is 11.3 Å². The van der Waals surface area contributed by atoms with E-state index in [1.807, 2.05) is 24.5 Å². The first kappa shape index (κ1) is 18.3. The number of hydrogen-bond donors (Lipinski definition) is 1. The predicted molar refractivity (Wildman–Crippen MR) is 108 cm³/mol. The van der Waals surface area contributed by atoms with Gasteiger partial charge in [-0.1, -0.05) is 17.7 Å². The molecule has 1 N–H and O–H groups in total. The molecule has 3 aromatic rings. The molecule has 0 saturated carbocycles. The number of nitrogens with zero attached hydrogens (tertiary/aromatic N) is 4. The second kappa shape index (κ2) is 8.31. The number of anilines is 1. The average molecular weight is 379 g/mol. The Labute approximate surface area is 164 Å². The van der Waals surface area contributed by atoms with Gasteiger partial charge in [0.15, 0.2) is 0 Å². The predicted octanol–water partition coefficient (Wildman–Crippen LogP) is 2.21. The van der Waals surface area contributed by atoms with E-state index in [0.717, 1.165) is 43.6 Å². The number of aromatic nitrogens is 2. The number of piperazine rings is 1. The summed E-state index contributed by atoms with van der Waals surface area (Å²) in [5, 5.41) is 2.90. The number of carbonyl (C=O) groups is 1. The fourth-order valence-corrected chi connectivity index (χ4v) is 3.40. The minimum Gasteiger partial charge on any atom is -0.467 e. The van der Waals surface area contributed by atoms with Crippen molar-refractivity contribution in [2.45, 2.75) is 13.5 Å². The van der Waals surface area contributed by atoms with Crippen LogP contribution in [0.25, 0.3) is 5.69 Å². The lowest BCUT2D eigenvalue weighted by Crippen LogP contribution is -2.50. The number of benzene rings is 1. The molecule has 0 unspecified atom stereocenters. The zero-order chi connectivity index (χ0) is 19.3. The molecule has 0 spiro atoms. The van der Waals surface area contributed by atoms with Crippen molar-refractivity contribution in [3.05, 3.63) is 66.4 Å². The van der Waals surface area contributed by atoms with Gasteiger partial charge in [-0.3, -0.25) is 14.3 Å². The molecule has 1 aromatic carbocycles. The quantitative estimate of drug-likeness (QED) is 0.711. The summed E-state index contributed by atoms with van der Waals surface area (Å²) >= 11 is 0. The van der Waals surface area contributed by atoms with Gasteiger partial charge in [-0.05, 0) is 31.2 Å². The van der Waals surface area contributed by atoms with E-state index in [-0.39, 0.29) is 5.91 Å². The van der Waals surface area contributed by atoms with Crippen molar-refractivity contribution in [1.82, 2.24) is 19.8 Å². The monoisotopic (exact) mass is 379 g/mol. The summed E-state index contributed by atoms with van der Waals surface area (Å²) in [5.41, 5.74) is 2.35.